The minimum Gasteiger partial charge on any atom is -0.475 e. The van der Waals surface area contributed by atoms with Crippen LogP contribution in [0.25, 0.3) is 5.69 Å². The first-order chi connectivity index (χ1) is 17.3. The summed E-state index contributed by atoms with van der Waals surface area (Å²) < 4.78 is 74.8. The van der Waals surface area contributed by atoms with Gasteiger partial charge in [0.25, 0.3) is 12.0 Å². The van der Waals surface area contributed by atoms with Crippen molar-refractivity contribution >= 4 is 29.2 Å². The molecule has 15 heteroatoms. The van der Waals surface area contributed by atoms with Gasteiger partial charge in [-0.05, 0) is 25.1 Å². The second-order valence-corrected chi connectivity index (χ2v) is 7.53. The summed E-state index contributed by atoms with van der Waals surface area (Å²) in [7, 11) is 0. The van der Waals surface area contributed by atoms with Crippen LogP contribution in [0.1, 0.15) is 27.9 Å². The zero-order valence-electron chi connectivity index (χ0n) is 18.4. The third-order valence-electron chi connectivity index (χ3n) is 4.79. The van der Waals surface area contributed by atoms with Gasteiger partial charge in [0.15, 0.2) is 0 Å². The maximum atomic E-state index is 15.1. The average molecular weight is 545 g/mol. The van der Waals surface area contributed by atoms with Crippen LogP contribution in [-0.4, -0.2) is 43.6 Å². The van der Waals surface area contributed by atoms with Crippen LogP contribution in [0.4, 0.5) is 27.6 Å². The molecule has 0 unspecified atom stereocenters. The molecule has 0 fully saturated rings. The molecule has 0 aliphatic heterocycles. The molecule has 0 saturated carbocycles. The van der Waals surface area contributed by atoms with Crippen molar-refractivity contribution in [3.8, 4) is 23.8 Å². The molecule has 194 valence electrons. The van der Waals surface area contributed by atoms with E-state index in [4.69, 9.17) is 22.8 Å². The highest BCUT2D eigenvalue weighted by Crippen LogP contribution is 2.32. The van der Waals surface area contributed by atoms with Crippen LogP contribution >= 0.6 is 11.6 Å². The number of carbonyl (C=O) groups is 2. The number of hydrogen-bond donors (Lipinski definition) is 2. The van der Waals surface area contributed by atoms with Crippen LogP contribution in [0.2, 0.25) is 5.02 Å². The fourth-order valence-corrected chi connectivity index (χ4v) is 3.31. The van der Waals surface area contributed by atoms with E-state index in [1.54, 1.807) is 0 Å². The zero-order valence-corrected chi connectivity index (χ0v) is 19.2. The van der Waals surface area contributed by atoms with E-state index >= 15 is 4.39 Å². The number of nitrogens with zero attached hydrogens (tertiary/aromatic N) is 3. The minimum absolute atomic E-state index is 0.192. The molecule has 0 aliphatic rings. The van der Waals surface area contributed by atoms with Crippen LogP contribution in [0.15, 0.2) is 35.1 Å². The van der Waals surface area contributed by atoms with Crippen molar-refractivity contribution in [1.29, 1.82) is 0 Å². The monoisotopic (exact) mass is 544 g/mol. The number of aromatic nitrogens is 3. The van der Waals surface area contributed by atoms with Gasteiger partial charge in [0, 0.05) is 12.6 Å². The highest BCUT2D eigenvalue weighted by Gasteiger charge is 2.41. The third kappa shape index (κ3) is 5.41. The van der Waals surface area contributed by atoms with E-state index < -0.39 is 70.0 Å². The Labute approximate surface area is 209 Å². The number of halogens is 6. The van der Waals surface area contributed by atoms with Crippen molar-refractivity contribution in [2.75, 3.05) is 5.32 Å². The number of carboxylic acid groups (broad SMARTS) is 1. The molecule has 3 rings (SSSR count). The number of carboxylic acids is 1. The van der Waals surface area contributed by atoms with E-state index in [1.165, 1.54) is 25.0 Å². The first-order valence-corrected chi connectivity index (χ1v) is 10.4. The van der Waals surface area contributed by atoms with Gasteiger partial charge in [-0.25, -0.2) is 18.4 Å². The first-order valence-electron chi connectivity index (χ1n) is 10.0. The van der Waals surface area contributed by atoms with Gasteiger partial charge in [-0.15, -0.1) is 11.5 Å². The molecule has 3 aromatic rings. The summed E-state index contributed by atoms with van der Waals surface area (Å²) in [5.41, 5.74) is -3.44. The minimum atomic E-state index is -5.14. The van der Waals surface area contributed by atoms with Crippen molar-refractivity contribution < 1.29 is 41.4 Å². The van der Waals surface area contributed by atoms with Gasteiger partial charge in [0.2, 0.25) is 5.82 Å². The van der Waals surface area contributed by atoms with E-state index in [-0.39, 0.29) is 16.2 Å². The Morgan fingerprint density at radius 1 is 1.27 bits per heavy atom. The lowest BCUT2D eigenvalue weighted by atomic mass is 10.1. The second-order valence-electron chi connectivity index (χ2n) is 7.12. The van der Waals surface area contributed by atoms with Gasteiger partial charge in [0.05, 0.1) is 16.3 Å². The number of ether oxygens (including phenoxy) is 1. The third-order valence-corrected chi connectivity index (χ3v) is 5.10. The molecule has 2 aromatic carbocycles. The average Bonchev–Trinajstić information content (AvgIpc) is 3.15. The zero-order chi connectivity index (χ0) is 27.7. The predicted molar refractivity (Wildman–Crippen MR) is 119 cm³/mol. The van der Waals surface area contributed by atoms with Gasteiger partial charge < -0.3 is 15.2 Å². The molecule has 0 aliphatic carbocycles. The molecule has 1 aromatic heterocycles. The van der Waals surface area contributed by atoms with Gasteiger partial charge in [-0.2, -0.15) is 17.9 Å². The lowest BCUT2D eigenvalue weighted by Gasteiger charge is -2.20. The number of benzene rings is 2. The molecular weight excluding hydrogens is 531 g/mol. The van der Waals surface area contributed by atoms with E-state index in [0.29, 0.717) is 16.7 Å². The molecule has 1 heterocycles. The number of aromatic carboxylic acids is 1. The number of hydrogen-bond acceptors (Lipinski definition) is 5. The lowest BCUT2D eigenvalue weighted by Crippen LogP contribution is -2.33. The Kier molecular flexibility index (Phi) is 7.58. The molecular formula is C22H14ClF5N4O5. The summed E-state index contributed by atoms with van der Waals surface area (Å²) in [5.74, 6) is -5.82. The van der Waals surface area contributed by atoms with Crippen molar-refractivity contribution in [3.63, 3.8) is 0 Å². The van der Waals surface area contributed by atoms with Crippen molar-refractivity contribution in [1.82, 2.24) is 14.3 Å². The largest absolute Gasteiger partial charge is 0.475 e. The van der Waals surface area contributed by atoms with Crippen LogP contribution in [0.5, 0.6) is 5.75 Å². The maximum Gasteiger partial charge on any atom is 0.437 e. The Bertz CT molecular complexity index is 1470. The topological polar surface area (TPSA) is 115 Å². The van der Waals surface area contributed by atoms with E-state index in [0.717, 1.165) is 6.07 Å². The number of rotatable bonds is 7. The van der Waals surface area contributed by atoms with Gasteiger partial charge in [-0.3, -0.25) is 9.36 Å². The summed E-state index contributed by atoms with van der Waals surface area (Å²) in [4.78, 5) is 36.8. The normalized spacial score (nSPS) is 12.1. The molecule has 37 heavy (non-hydrogen) atoms. The smallest absolute Gasteiger partial charge is 0.437 e. The van der Waals surface area contributed by atoms with Gasteiger partial charge >= 0.3 is 17.8 Å². The van der Waals surface area contributed by atoms with Crippen molar-refractivity contribution in [3.05, 3.63) is 68.9 Å². The quantitative estimate of drug-likeness (QED) is 0.345. The number of anilines is 1. The summed E-state index contributed by atoms with van der Waals surface area (Å²) in [6, 6.07) is 4.24. The Morgan fingerprint density at radius 3 is 2.46 bits per heavy atom. The highest BCUT2D eigenvalue weighted by atomic mass is 35.5. The van der Waals surface area contributed by atoms with Gasteiger partial charge in [-0.1, -0.05) is 23.6 Å². The van der Waals surface area contributed by atoms with Crippen LogP contribution in [0.3, 0.4) is 0 Å². The number of carbonyl (C=O) groups excluding carboxylic acids is 1. The Morgan fingerprint density at radius 2 is 1.95 bits per heavy atom. The highest BCUT2D eigenvalue weighted by molar-refractivity contribution is 6.34. The van der Waals surface area contributed by atoms with Crippen LogP contribution < -0.4 is 15.7 Å². The summed E-state index contributed by atoms with van der Waals surface area (Å²) >= 11 is 5.85. The van der Waals surface area contributed by atoms with E-state index in [1.807, 2.05) is 5.32 Å². The molecule has 9 nitrogen and oxygen atoms in total. The number of nitrogens with one attached hydrogen (secondary N) is 1. The van der Waals surface area contributed by atoms with Crippen molar-refractivity contribution in [2.24, 2.45) is 0 Å². The molecule has 0 bridgehead atoms. The second kappa shape index (κ2) is 10.3. The number of alkyl halides is 3. The summed E-state index contributed by atoms with van der Waals surface area (Å²) in [5, 5.41) is 14.5. The predicted octanol–water partition coefficient (Wildman–Crippen LogP) is 3.88. The van der Waals surface area contributed by atoms with E-state index in [2.05, 4.69) is 5.10 Å². The molecule has 2 N–H and O–H groups in total. The summed E-state index contributed by atoms with van der Waals surface area (Å²) in [6.07, 6.45) is -3.16. The SMILES string of the molecule is C#C[C@H](Oc1cc(-n2nc(C(=O)O)n(CC)c2=O)c(F)cc1C(=O)Nc1c(F)cccc1Cl)C(F)(F)F. The van der Waals surface area contributed by atoms with E-state index in [9.17, 15) is 37.1 Å². The Balaban J connectivity index is 2.21. The fourth-order valence-electron chi connectivity index (χ4n) is 3.10. The Hall–Kier alpha value is -4.38. The van der Waals surface area contributed by atoms with Crippen molar-refractivity contribution in [2.45, 2.75) is 25.7 Å². The lowest BCUT2D eigenvalue weighted by molar-refractivity contribution is -0.177. The standard InChI is InChI=1S/C22H14ClF5N4O5/c1-3-16(22(26,27)28)37-15-9-14(32-21(36)31(4-2)18(30-32)20(34)35)13(25)8-10(15)19(33)29-17-11(23)6-5-7-12(17)24/h1,5-9,16H,4H2,2H3,(H,29,33)(H,34,35)/t16-/m0/s1. The molecule has 1 atom stereocenters. The maximum absolute atomic E-state index is 15.1. The first kappa shape index (κ1) is 27.2. The summed E-state index contributed by atoms with van der Waals surface area (Å²) in [6.45, 7) is 1.20. The fraction of sp³-hybridized carbons (Fsp3) is 0.182. The number of terminal acetylenes is 1. The number of amides is 1. The molecule has 0 radical (unpaired) electrons. The molecule has 0 saturated heterocycles. The molecule has 1 amide bonds. The molecule has 0 spiro atoms. The van der Waals surface area contributed by atoms with Crippen LogP contribution in [-0.2, 0) is 6.54 Å². The van der Waals surface area contributed by atoms with Gasteiger partial charge in [0.1, 0.15) is 23.1 Å². The number of para-hydroxylation sites is 1. The van der Waals surface area contributed by atoms with Crippen LogP contribution in [0, 0.1) is 24.0 Å².